The van der Waals surface area contributed by atoms with Gasteiger partial charge in [-0.1, -0.05) is 15.9 Å². The molecule has 1 heterocycles. The maximum absolute atomic E-state index is 13.0. The molecule has 0 saturated carbocycles. The lowest BCUT2D eigenvalue weighted by Crippen LogP contribution is -2.45. The van der Waals surface area contributed by atoms with Gasteiger partial charge in [-0.3, -0.25) is 4.79 Å². The number of hydrogen-bond donors (Lipinski definition) is 0. The SMILES string of the molecule is C[C@H]1CN(C(=O)c2cc(Br)ccc2C(F)(F)F)CCO1. The number of morpholine rings is 1. The zero-order valence-corrected chi connectivity index (χ0v) is 12.3. The number of carbonyl (C=O) groups excluding carboxylic acids is 1. The average molecular weight is 352 g/mol. The zero-order chi connectivity index (χ0) is 14.9. The Labute approximate surface area is 122 Å². The number of ether oxygens (including phenoxy) is 1. The van der Waals surface area contributed by atoms with Crippen molar-refractivity contribution in [2.45, 2.75) is 19.2 Å². The Hall–Kier alpha value is -1.08. The van der Waals surface area contributed by atoms with Crippen LogP contribution in [0.25, 0.3) is 0 Å². The van der Waals surface area contributed by atoms with Crippen molar-refractivity contribution in [1.29, 1.82) is 0 Å². The molecule has 20 heavy (non-hydrogen) atoms. The van der Waals surface area contributed by atoms with Crippen molar-refractivity contribution in [3.63, 3.8) is 0 Å². The molecule has 7 heteroatoms. The average Bonchev–Trinajstić information content (AvgIpc) is 2.36. The minimum atomic E-state index is -4.55. The highest BCUT2D eigenvalue weighted by Crippen LogP contribution is 2.34. The van der Waals surface area contributed by atoms with Gasteiger partial charge in [-0.05, 0) is 25.1 Å². The van der Waals surface area contributed by atoms with E-state index in [0.717, 1.165) is 6.07 Å². The van der Waals surface area contributed by atoms with Crippen LogP contribution in [0.5, 0.6) is 0 Å². The van der Waals surface area contributed by atoms with E-state index in [2.05, 4.69) is 15.9 Å². The highest BCUT2D eigenvalue weighted by atomic mass is 79.9. The predicted octanol–water partition coefficient (Wildman–Crippen LogP) is 3.33. The van der Waals surface area contributed by atoms with E-state index in [1.54, 1.807) is 6.92 Å². The van der Waals surface area contributed by atoms with Crippen LogP contribution in [-0.4, -0.2) is 36.6 Å². The largest absolute Gasteiger partial charge is 0.417 e. The molecule has 0 radical (unpaired) electrons. The summed E-state index contributed by atoms with van der Waals surface area (Å²) >= 11 is 3.10. The second-order valence-electron chi connectivity index (χ2n) is 4.62. The first-order valence-corrected chi connectivity index (χ1v) is 6.86. The Kier molecular flexibility index (Phi) is 4.39. The second-order valence-corrected chi connectivity index (χ2v) is 5.54. The molecule has 1 amide bonds. The summed E-state index contributed by atoms with van der Waals surface area (Å²) in [5, 5.41) is 0. The number of alkyl halides is 3. The first-order valence-electron chi connectivity index (χ1n) is 6.06. The van der Waals surface area contributed by atoms with Crippen LogP contribution in [0.1, 0.15) is 22.8 Å². The van der Waals surface area contributed by atoms with E-state index in [9.17, 15) is 18.0 Å². The molecule has 0 aliphatic carbocycles. The van der Waals surface area contributed by atoms with Crippen molar-refractivity contribution in [1.82, 2.24) is 4.90 Å². The van der Waals surface area contributed by atoms with Gasteiger partial charge in [0.1, 0.15) is 0 Å². The fourth-order valence-electron chi connectivity index (χ4n) is 2.11. The summed E-state index contributed by atoms with van der Waals surface area (Å²) in [5.41, 5.74) is -1.24. The van der Waals surface area contributed by atoms with E-state index in [4.69, 9.17) is 4.74 Å². The molecule has 0 aromatic heterocycles. The van der Waals surface area contributed by atoms with E-state index >= 15 is 0 Å². The van der Waals surface area contributed by atoms with E-state index in [0.29, 0.717) is 24.2 Å². The zero-order valence-electron chi connectivity index (χ0n) is 10.7. The highest BCUT2D eigenvalue weighted by Gasteiger charge is 2.36. The molecule has 1 aromatic rings. The Morgan fingerprint density at radius 2 is 2.15 bits per heavy atom. The maximum Gasteiger partial charge on any atom is 0.417 e. The van der Waals surface area contributed by atoms with Crippen LogP contribution in [0.2, 0.25) is 0 Å². The minimum absolute atomic E-state index is 0.172. The number of nitrogens with zero attached hydrogens (tertiary/aromatic N) is 1. The van der Waals surface area contributed by atoms with Gasteiger partial charge >= 0.3 is 6.18 Å². The summed E-state index contributed by atoms with van der Waals surface area (Å²) in [5.74, 6) is -0.617. The van der Waals surface area contributed by atoms with Crippen molar-refractivity contribution >= 4 is 21.8 Å². The number of rotatable bonds is 1. The Morgan fingerprint density at radius 1 is 1.45 bits per heavy atom. The third kappa shape index (κ3) is 3.32. The maximum atomic E-state index is 13.0. The highest BCUT2D eigenvalue weighted by molar-refractivity contribution is 9.10. The van der Waals surface area contributed by atoms with Crippen LogP contribution >= 0.6 is 15.9 Å². The third-order valence-corrected chi connectivity index (χ3v) is 3.54. The first-order chi connectivity index (χ1) is 9.29. The number of halogens is 4. The molecule has 3 nitrogen and oxygen atoms in total. The lowest BCUT2D eigenvalue weighted by Gasteiger charge is -2.31. The normalized spacial score (nSPS) is 20.1. The summed E-state index contributed by atoms with van der Waals surface area (Å²) in [7, 11) is 0. The predicted molar refractivity (Wildman–Crippen MR) is 70.5 cm³/mol. The second kappa shape index (κ2) is 5.73. The first kappa shape index (κ1) is 15.3. The van der Waals surface area contributed by atoms with Crippen molar-refractivity contribution < 1.29 is 22.7 Å². The number of carbonyl (C=O) groups is 1. The van der Waals surface area contributed by atoms with Crippen molar-refractivity contribution in [3.8, 4) is 0 Å². The van der Waals surface area contributed by atoms with Gasteiger partial charge in [-0.2, -0.15) is 13.2 Å². The molecule has 1 aliphatic rings. The molecule has 1 atom stereocenters. The molecule has 2 rings (SSSR count). The van der Waals surface area contributed by atoms with Crippen LogP contribution in [-0.2, 0) is 10.9 Å². The molecule has 1 fully saturated rings. The van der Waals surface area contributed by atoms with Crippen LogP contribution in [0.4, 0.5) is 13.2 Å². The van der Waals surface area contributed by atoms with Gasteiger partial charge in [0.05, 0.1) is 23.8 Å². The molecule has 0 N–H and O–H groups in total. The van der Waals surface area contributed by atoms with E-state index < -0.39 is 17.6 Å². The van der Waals surface area contributed by atoms with E-state index in [1.165, 1.54) is 17.0 Å². The fraction of sp³-hybridized carbons (Fsp3) is 0.462. The monoisotopic (exact) mass is 351 g/mol. The van der Waals surface area contributed by atoms with Gasteiger partial charge in [-0.15, -0.1) is 0 Å². The molecule has 1 aromatic carbocycles. The van der Waals surface area contributed by atoms with Crippen molar-refractivity contribution in [3.05, 3.63) is 33.8 Å². The van der Waals surface area contributed by atoms with E-state index in [1.807, 2.05) is 0 Å². The summed E-state index contributed by atoms with van der Waals surface area (Å²) in [6.07, 6.45) is -4.72. The van der Waals surface area contributed by atoms with Crippen molar-refractivity contribution in [2.24, 2.45) is 0 Å². The van der Waals surface area contributed by atoms with Crippen LogP contribution in [0.3, 0.4) is 0 Å². The number of amides is 1. The third-order valence-electron chi connectivity index (χ3n) is 3.05. The van der Waals surface area contributed by atoms with Gasteiger partial charge in [0.2, 0.25) is 0 Å². The molecule has 110 valence electrons. The van der Waals surface area contributed by atoms with Gasteiger partial charge in [-0.25, -0.2) is 0 Å². The molecular formula is C13H13BrF3NO2. The summed E-state index contributed by atoms with van der Waals surface area (Å²) in [6.45, 7) is 2.71. The fourth-order valence-corrected chi connectivity index (χ4v) is 2.47. The van der Waals surface area contributed by atoms with Gasteiger partial charge in [0, 0.05) is 17.6 Å². The quantitative estimate of drug-likeness (QED) is 0.776. The van der Waals surface area contributed by atoms with Gasteiger partial charge in [0.25, 0.3) is 5.91 Å². The minimum Gasteiger partial charge on any atom is -0.375 e. The van der Waals surface area contributed by atoms with Crippen LogP contribution in [0.15, 0.2) is 22.7 Å². The Balaban J connectivity index is 2.35. The Morgan fingerprint density at radius 3 is 2.75 bits per heavy atom. The smallest absolute Gasteiger partial charge is 0.375 e. The molecular weight excluding hydrogens is 339 g/mol. The summed E-state index contributed by atoms with van der Waals surface area (Å²) < 4.78 is 44.7. The lowest BCUT2D eigenvalue weighted by molar-refractivity contribution is -0.138. The topological polar surface area (TPSA) is 29.5 Å². The molecule has 1 saturated heterocycles. The molecule has 1 aliphatic heterocycles. The van der Waals surface area contributed by atoms with Gasteiger partial charge < -0.3 is 9.64 Å². The Bertz CT molecular complexity index is 519. The molecule has 0 unspecified atom stereocenters. The van der Waals surface area contributed by atoms with Crippen molar-refractivity contribution in [2.75, 3.05) is 19.7 Å². The van der Waals surface area contributed by atoms with Crippen LogP contribution in [0, 0.1) is 0 Å². The van der Waals surface area contributed by atoms with E-state index in [-0.39, 0.29) is 11.7 Å². The summed E-state index contributed by atoms with van der Waals surface area (Å²) in [4.78, 5) is 13.7. The van der Waals surface area contributed by atoms with Gasteiger partial charge in [0.15, 0.2) is 0 Å². The van der Waals surface area contributed by atoms with Crippen LogP contribution < -0.4 is 0 Å². The number of hydrogen-bond acceptors (Lipinski definition) is 2. The molecule has 0 spiro atoms. The lowest BCUT2D eigenvalue weighted by atomic mass is 10.1. The summed E-state index contributed by atoms with van der Waals surface area (Å²) in [6, 6.07) is 3.41. The molecule has 0 bridgehead atoms. The standard InChI is InChI=1S/C13H13BrF3NO2/c1-8-7-18(4-5-20-8)12(19)10-6-9(14)2-3-11(10)13(15,16)17/h2-3,6,8H,4-5,7H2,1H3/t8-/m0/s1. The number of benzene rings is 1.